The van der Waals surface area contributed by atoms with Crippen LogP contribution in [0.4, 0.5) is 45.5 Å². The smallest absolute Gasteiger partial charge is 0.252 e. The van der Waals surface area contributed by atoms with Gasteiger partial charge >= 0.3 is 0 Å². The average Bonchev–Trinajstić information content (AvgIpc) is 3.97. The van der Waals surface area contributed by atoms with E-state index in [4.69, 9.17) is 8.83 Å². The molecule has 0 N–H and O–H groups in total. The Morgan fingerprint density at radius 2 is 0.972 bits per heavy atom. The molecule has 5 nitrogen and oxygen atoms in total. The Kier molecular flexibility index (Phi) is 8.91. The number of nitrogens with zero attached hydrogens (tertiary/aromatic N) is 3. The van der Waals surface area contributed by atoms with Gasteiger partial charge in [-0.05, 0) is 155 Å². The van der Waals surface area contributed by atoms with Gasteiger partial charge in [-0.3, -0.25) is 0 Å². The molecule has 14 rings (SSSR count). The fourth-order valence-corrected chi connectivity index (χ4v) is 14.1. The molecule has 2 atom stereocenters. The van der Waals surface area contributed by atoms with Crippen LogP contribution in [0.5, 0.6) is 0 Å². The van der Waals surface area contributed by atoms with Crippen molar-refractivity contribution in [1.82, 2.24) is 0 Å². The molecule has 2 aromatic heterocycles. The normalized spacial score (nSPS) is 19.3. The summed E-state index contributed by atoms with van der Waals surface area (Å²) in [5.74, 6) is 0. The van der Waals surface area contributed by atoms with Crippen molar-refractivity contribution in [2.24, 2.45) is 0 Å². The first-order valence-corrected chi connectivity index (χ1v) is 26.3. The van der Waals surface area contributed by atoms with E-state index in [0.29, 0.717) is 0 Å². The van der Waals surface area contributed by atoms with Gasteiger partial charge in [-0.15, -0.1) is 0 Å². The predicted octanol–water partition coefficient (Wildman–Crippen LogP) is 16.5. The number of aryl methyl sites for hydroxylation is 2. The van der Waals surface area contributed by atoms with Gasteiger partial charge in [-0.25, -0.2) is 0 Å². The molecule has 356 valence electrons. The predicted molar refractivity (Wildman–Crippen MR) is 305 cm³/mol. The van der Waals surface area contributed by atoms with Crippen LogP contribution >= 0.6 is 0 Å². The summed E-state index contributed by atoms with van der Waals surface area (Å²) in [5, 5.41) is 4.53. The summed E-state index contributed by atoms with van der Waals surface area (Å²) < 4.78 is 13.5. The third kappa shape index (κ3) is 5.95. The Morgan fingerprint density at radius 3 is 1.50 bits per heavy atom. The molecule has 72 heavy (non-hydrogen) atoms. The van der Waals surface area contributed by atoms with E-state index in [2.05, 4.69) is 230 Å². The van der Waals surface area contributed by atoms with Gasteiger partial charge in [0.1, 0.15) is 22.3 Å². The number of hydrogen-bond acceptors (Lipinski definition) is 5. The molecule has 2 unspecified atom stereocenters. The van der Waals surface area contributed by atoms with E-state index in [1.165, 1.54) is 91.2 Å². The number of furan rings is 2. The topological polar surface area (TPSA) is 36.0 Å². The summed E-state index contributed by atoms with van der Waals surface area (Å²) in [5.41, 5.74) is 23.5. The van der Waals surface area contributed by atoms with E-state index in [1.54, 1.807) is 0 Å². The van der Waals surface area contributed by atoms with Gasteiger partial charge in [0, 0.05) is 84.6 Å². The van der Waals surface area contributed by atoms with Crippen LogP contribution in [0.15, 0.2) is 154 Å². The molecule has 3 aliphatic heterocycles. The number of para-hydroxylation sites is 2. The minimum Gasteiger partial charge on any atom is -0.456 e. The molecule has 6 heteroatoms. The maximum Gasteiger partial charge on any atom is 0.252 e. The molecule has 1 saturated carbocycles. The Morgan fingerprint density at radius 1 is 0.472 bits per heavy atom. The molecule has 0 amide bonds. The lowest BCUT2D eigenvalue weighted by Crippen LogP contribution is -2.61. The standard InChI is InChI=1S/C66H62BN3O2/c1-39-31-40(2)61-54(32-39)70(66(10)30-16-15-29-65(61,66)9)45-35-55-62-56(36-45)69(44-24-26-49-47-18-12-14-20-58(47)72-60(49)38-44)53-34-42(64(6,7)8)22-28-51(53)67(62)50-27-21-41(63(3,4)5)33-52(50)68(55)43-23-25-48-46-17-11-13-19-57(46)71-59(48)37-43/h11-14,17-28,31-38H,15-16,29-30H2,1-10H3. The van der Waals surface area contributed by atoms with Gasteiger partial charge in [0.15, 0.2) is 0 Å². The second-order valence-corrected chi connectivity index (χ2v) is 24.2. The Labute approximate surface area is 424 Å². The molecular weight excluding hydrogens is 878 g/mol. The zero-order chi connectivity index (χ0) is 49.4. The summed E-state index contributed by atoms with van der Waals surface area (Å²) in [4.78, 5) is 7.98. The lowest BCUT2D eigenvalue weighted by Gasteiger charge is -2.51. The second kappa shape index (κ2) is 14.7. The monoisotopic (exact) mass is 939 g/mol. The van der Waals surface area contributed by atoms with Crippen LogP contribution in [0, 0.1) is 13.8 Å². The maximum atomic E-state index is 6.73. The number of benzene rings is 8. The number of rotatable bonds is 3. The van der Waals surface area contributed by atoms with Crippen LogP contribution in [0.25, 0.3) is 43.9 Å². The van der Waals surface area contributed by atoms with Crippen molar-refractivity contribution in [3.63, 3.8) is 0 Å². The van der Waals surface area contributed by atoms with E-state index >= 15 is 0 Å². The highest BCUT2D eigenvalue weighted by Gasteiger charge is 2.59. The highest BCUT2D eigenvalue weighted by atomic mass is 16.3. The van der Waals surface area contributed by atoms with E-state index in [-0.39, 0.29) is 28.5 Å². The molecule has 0 spiro atoms. The highest BCUT2D eigenvalue weighted by molar-refractivity contribution is 7.00. The van der Waals surface area contributed by atoms with Crippen LogP contribution in [-0.4, -0.2) is 12.3 Å². The Hall–Kier alpha value is -7.18. The maximum absolute atomic E-state index is 6.73. The molecule has 0 bridgehead atoms. The van der Waals surface area contributed by atoms with Crippen molar-refractivity contribution in [3.05, 3.63) is 173 Å². The Balaban J connectivity index is 1.12. The van der Waals surface area contributed by atoms with Gasteiger partial charge in [-0.1, -0.05) is 128 Å². The minimum atomic E-state index is -0.166. The van der Waals surface area contributed by atoms with Crippen molar-refractivity contribution < 1.29 is 8.83 Å². The zero-order valence-corrected chi connectivity index (χ0v) is 43.4. The van der Waals surface area contributed by atoms with Crippen LogP contribution < -0.4 is 31.1 Å². The van der Waals surface area contributed by atoms with Gasteiger partial charge in [-0.2, -0.15) is 0 Å². The van der Waals surface area contributed by atoms with Crippen molar-refractivity contribution in [2.75, 3.05) is 14.7 Å². The lowest BCUT2D eigenvalue weighted by atomic mass is 9.33. The summed E-state index contributed by atoms with van der Waals surface area (Å²) in [6, 6.07) is 55.4. The second-order valence-electron chi connectivity index (χ2n) is 24.2. The molecule has 10 aromatic rings. The zero-order valence-electron chi connectivity index (χ0n) is 43.4. The van der Waals surface area contributed by atoms with Crippen LogP contribution in [-0.2, 0) is 16.2 Å². The summed E-state index contributed by atoms with van der Waals surface area (Å²) in [6.45, 7) is 23.8. The first-order chi connectivity index (χ1) is 34.5. The SMILES string of the molecule is Cc1cc(C)c2c(c1)N(c1cc3c4c(c1)N(c1ccc5c(c1)oc1ccccc15)c1cc(C(C)(C)C)ccc1B4c1ccc(C(C)(C)C)cc1N3c1ccc3c(c1)oc1ccccc13)C1(C)CCCCC21C. The minimum absolute atomic E-state index is 0.0332. The van der Waals surface area contributed by atoms with Crippen molar-refractivity contribution in [3.8, 4) is 0 Å². The van der Waals surface area contributed by atoms with Gasteiger partial charge in [0.25, 0.3) is 6.71 Å². The fourth-order valence-electron chi connectivity index (χ4n) is 14.1. The molecule has 1 fully saturated rings. The Bertz CT molecular complexity index is 3750. The molecule has 8 aromatic carbocycles. The van der Waals surface area contributed by atoms with Crippen LogP contribution in [0.2, 0.25) is 0 Å². The number of anilines is 8. The van der Waals surface area contributed by atoms with E-state index < -0.39 is 0 Å². The fraction of sp³-hybridized carbons (Fsp3) is 0.273. The van der Waals surface area contributed by atoms with Crippen LogP contribution in [0.3, 0.4) is 0 Å². The van der Waals surface area contributed by atoms with E-state index in [0.717, 1.165) is 68.1 Å². The lowest BCUT2D eigenvalue weighted by molar-refractivity contribution is 0.194. The summed E-state index contributed by atoms with van der Waals surface area (Å²) in [7, 11) is 0. The van der Waals surface area contributed by atoms with Crippen LogP contribution in [0.1, 0.15) is 109 Å². The van der Waals surface area contributed by atoms with E-state index in [9.17, 15) is 0 Å². The van der Waals surface area contributed by atoms with Gasteiger partial charge in [0.2, 0.25) is 0 Å². The molecular formula is C66H62BN3O2. The van der Waals surface area contributed by atoms with Crippen molar-refractivity contribution in [1.29, 1.82) is 0 Å². The third-order valence-corrected chi connectivity index (χ3v) is 17.8. The largest absolute Gasteiger partial charge is 0.456 e. The summed E-state index contributed by atoms with van der Waals surface area (Å²) >= 11 is 0. The number of hydrogen-bond donors (Lipinski definition) is 0. The quantitative estimate of drug-likeness (QED) is 0.165. The molecule has 4 aliphatic rings. The molecule has 5 heterocycles. The highest BCUT2D eigenvalue weighted by Crippen LogP contribution is 2.63. The number of fused-ring (bicyclic) bond motifs is 13. The van der Waals surface area contributed by atoms with E-state index in [1.807, 2.05) is 0 Å². The molecule has 1 aliphatic carbocycles. The molecule has 0 radical (unpaired) electrons. The first-order valence-electron chi connectivity index (χ1n) is 26.3. The third-order valence-electron chi connectivity index (χ3n) is 17.8. The van der Waals surface area contributed by atoms with Crippen molar-refractivity contribution >= 4 is 112 Å². The first kappa shape index (κ1) is 43.6. The molecule has 0 saturated heterocycles. The van der Waals surface area contributed by atoms with Gasteiger partial charge < -0.3 is 23.5 Å². The average molecular weight is 940 g/mol. The van der Waals surface area contributed by atoms with Crippen molar-refractivity contribution in [2.45, 2.75) is 117 Å². The van der Waals surface area contributed by atoms with Gasteiger partial charge in [0.05, 0.1) is 5.54 Å². The summed E-state index contributed by atoms with van der Waals surface area (Å²) in [6.07, 6.45) is 4.71.